The normalized spacial score (nSPS) is 11.2. The summed E-state index contributed by atoms with van der Waals surface area (Å²) in [6.45, 7) is 36.5. The Morgan fingerprint density at radius 1 is 0.563 bits per heavy atom. The third kappa shape index (κ3) is 14.5. The van der Waals surface area contributed by atoms with Crippen LogP contribution in [0.5, 0.6) is 0 Å². The minimum Gasteiger partial charge on any atom is -0.355 e. The summed E-state index contributed by atoms with van der Waals surface area (Å²) in [7, 11) is 0. The van der Waals surface area contributed by atoms with Crippen molar-refractivity contribution in [2.45, 2.75) is 83.1 Å². The van der Waals surface area contributed by atoms with Gasteiger partial charge in [0.2, 0.25) is 0 Å². The van der Waals surface area contributed by atoms with E-state index in [1.54, 1.807) is 12.2 Å². The van der Waals surface area contributed by atoms with Crippen molar-refractivity contribution >= 4 is 51.1 Å². The minimum absolute atomic E-state index is 0.365. The highest BCUT2D eigenvalue weighted by molar-refractivity contribution is 5.96. The van der Waals surface area contributed by atoms with Gasteiger partial charge in [-0.05, 0) is 140 Å². The van der Waals surface area contributed by atoms with E-state index in [9.17, 15) is 0 Å². The van der Waals surface area contributed by atoms with E-state index in [2.05, 4.69) is 247 Å². The van der Waals surface area contributed by atoms with Gasteiger partial charge < -0.3 is 10.2 Å². The van der Waals surface area contributed by atoms with Crippen LogP contribution in [0.25, 0.3) is 56.3 Å². The summed E-state index contributed by atoms with van der Waals surface area (Å²) in [5.41, 5.74) is 17.6. The zero-order valence-electron chi connectivity index (χ0n) is 44.7. The maximum Gasteiger partial charge on any atom is 0.0975 e. The predicted octanol–water partition coefficient (Wildman–Crippen LogP) is 20.6. The van der Waals surface area contributed by atoms with E-state index in [0.717, 1.165) is 84.2 Å². The zero-order valence-corrected chi connectivity index (χ0v) is 44.7. The fraction of sp³-hybridized carbons (Fsp3) is 0.224. The van der Waals surface area contributed by atoms with Gasteiger partial charge in [0.05, 0.1) is 22.4 Å². The van der Waals surface area contributed by atoms with E-state index >= 15 is 0 Å². The molecule has 8 rings (SSSR count). The molecule has 4 heteroatoms. The molecule has 8 aromatic rings. The van der Waals surface area contributed by atoms with Crippen molar-refractivity contribution in [3.8, 4) is 33.6 Å². The van der Waals surface area contributed by atoms with E-state index in [0.29, 0.717) is 17.8 Å². The fourth-order valence-electron chi connectivity index (χ4n) is 8.16. The van der Waals surface area contributed by atoms with Crippen molar-refractivity contribution in [3.05, 3.63) is 225 Å². The van der Waals surface area contributed by atoms with Crippen LogP contribution in [0, 0.1) is 24.7 Å². The van der Waals surface area contributed by atoms with Crippen molar-refractivity contribution in [2.24, 2.45) is 17.8 Å². The Morgan fingerprint density at radius 3 is 1.73 bits per heavy atom. The van der Waals surface area contributed by atoms with Crippen LogP contribution < -0.4 is 10.2 Å². The van der Waals surface area contributed by atoms with Crippen LogP contribution in [0.15, 0.2) is 208 Å². The van der Waals surface area contributed by atoms with Crippen LogP contribution >= 0.6 is 0 Å². The highest BCUT2D eigenvalue weighted by atomic mass is 15.1. The van der Waals surface area contributed by atoms with Crippen molar-refractivity contribution in [1.29, 1.82) is 0 Å². The molecule has 2 unspecified atom stereocenters. The number of anilines is 5. The molecule has 7 aromatic carbocycles. The smallest absolute Gasteiger partial charge is 0.0975 e. The monoisotopic (exact) mass is 939 g/mol. The fourth-order valence-corrected chi connectivity index (χ4v) is 8.16. The van der Waals surface area contributed by atoms with Crippen molar-refractivity contribution in [3.63, 3.8) is 0 Å². The number of rotatable bonds is 13. The molecule has 1 heterocycles. The molecule has 0 bridgehead atoms. The van der Waals surface area contributed by atoms with Crippen LogP contribution in [0.4, 0.5) is 28.4 Å². The highest BCUT2D eigenvalue weighted by Gasteiger charge is 2.22. The summed E-state index contributed by atoms with van der Waals surface area (Å²) in [6, 6.07) is 59.8. The molecule has 0 aliphatic heterocycles. The summed E-state index contributed by atoms with van der Waals surface area (Å²) in [6.07, 6.45) is 7.68. The average molecular weight is 939 g/mol. The van der Waals surface area contributed by atoms with Crippen LogP contribution in [-0.4, -0.2) is 9.97 Å². The molecular weight excluding hydrogens is 861 g/mol. The lowest BCUT2D eigenvalue weighted by Crippen LogP contribution is -2.15. The minimum atomic E-state index is 0.365. The van der Waals surface area contributed by atoms with Crippen LogP contribution in [0.2, 0.25) is 0 Å². The molecule has 71 heavy (non-hydrogen) atoms. The predicted molar refractivity (Wildman–Crippen MR) is 316 cm³/mol. The molecule has 0 spiro atoms. The van der Waals surface area contributed by atoms with Crippen molar-refractivity contribution in [1.82, 2.24) is 9.97 Å². The van der Waals surface area contributed by atoms with Gasteiger partial charge in [0.25, 0.3) is 0 Å². The number of aromatic nitrogens is 2. The van der Waals surface area contributed by atoms with E-state index in [1.807, 2.05) is 48.5 Å². The molecule has 0 saturated carbocycles. The van der Waals surface area contributed by atoms with Crippen LogP contribution in [0.3, 0.4) is 0 Å². The second-order valence-electron chi connectivity index (χ2n) is 17.2. The lowest BCUT2D eigenvalue weighted by molar-refractivity contribution is 0.351. The quantitative estimate of drug-likeness (QED) is 0.117. The maximum atomic E-state index is 5.52. The Morgan fingerprint density at radius 2 is 1.11 bits per heavy atom. The number of nitrogens with zero attached hydrogens (tertiary/aromatic N) is 3. The number of nitrogens with one attached hydrogen (secondary N) is 1. The van der Waals surface area contributed by atoms with Gasteiger partial charge in [-0.3, -0.25) is 0 Å². The molecule has 0 aliphatic rings. The summed E-state index contributed by atoms with van der Waals surface area (Å²) < 4.78 is 0. The molecular formula is C67H78N4. The van der Waals surface area contributed by atoms with Gasteiger partial charge in [0, 0.05) is 45.1 Å². The Labute approximate surface area is 428 Å². The number of allylic oxidation sites excluding steroid dienone is 4. The first-order valence-electron chi connectivity index (χ1n) is 25.4. The molecule has 0 radical (unpaired) electrons. The summed E-state index contributed by atoms with van der Waals surface area (Å²) >= 11 is 0. The van der Waals surface area contributed by atoms with Crippen LogP contribution in [0.1, 0.15) is 92.9 Å². The maximum absolute atomic E-state index is 5.52. The Hall–Kier alpha value is -7.56. The topological polar surface area (TPSA) is 41.1 Å². The van der Waals surface area contributed by atoms with Gasteiger partial charge in [0.15, 0.2) is 0 Å². The first kappa shape index (κ1) is 56.0. The second kappa shape index (κ2) is 28.8. The number of aryl methyl sites for hydroxylation is 1. The lowest BCUT2D eigenvalue weighted by Gasteiger charge is -2.26. The molecule has 2 atom stereocenters. The van der Waals surface area contributed by atoms with Gasteiger partial charge in [-0.25, -0.2) is 9.97 Å². The van der Waals surface area contributed by atoms with E-state index < -0.39 is 0 Å². The van der Waals surface area contributed by atoms with Gasteiger partial charge in [-0.2, -0.15) is 0 Å². The van der Waals surface area contributed by atoms with Gasteiger partial charge >= 0.3 is 0 Å². The average Bonchev–Trinajstić information content (AvgIpc) is 3.41. The van der Waals surface area contributed by atoms with E-state index in [1.165, 1.54) is 11.1 Å². The Kier molecular flexibility index (Phi) is 22.7. The summed E-state index contributed by atoms with van der Waals surface area (Å²) in [5.74, 6) is 1.47. The van der Waals surface area contributed by atoms with Crippen molar-refractivity contribution < 1.29 is 0 Å². The van der Waals surface area contributed by atoms with Crippen LogP contribution in [-0.2, 0) is 0 Å². The molecule has 1 aromatic heterocycles. The number of para-hydroxylation sites is 3. The Bertz CT molecular complexity index is 2920. The van der Waals surface area contributed by atoms with Gasteiger partial charge in [-0.15, -0.1) is 13.2 Å². The summed E-state index contributed by atoms with van der Waals surface area (Å²) in [5, 5.41) is 3.61. The molecule has 0 fully saturated rings. The third-order valence-electron chi connectivity index (χ3n) is 12.2. The Balaban J connectivity index is 0.00000102. The molecule has 366 valence electrons. The van der Waals surface area contributed by atoms with Gasteiger partial charge in [0.1, 0.15) is 0 Å². The largest absolute Gasteiger partial charge is 0.355 e. The number of hydrogen-bond acceptors (Lipinski definition) is 4. The van der Waals surface area contributed by atoms with E-state index in [4.69, 9.17) is 9.97 Å². The molecule has 4 nitrogen and oxygen atoms in total. The van der Waals surface area contributed by atoms with E-state index in [-0.39, 0.29) is 0 Å². The molecule has 0 saturated heterocycles. The summed E-state index contributed by atoms with van der Waals surface area (Å²) in [4.78, 5) is 13.2. The zero-order chi connectivity index (χ0) is 51.9. The molecule has 0 aliphatic carbocycles. The number of fused-ring (bicyclic) bond motifs is 1. The first-order valence-corrected chi connectivity index (χ1v) is 25.4. The first-order chi connectivity index (χ1) is 34.5. The standard InChI is InChI=1S/C57H54N4.2C3H6.2C2H6/c1-8-18-43-20-13-15-27-53(43)58-47-31-35-50(36-32-47)61(48-23-10-9-11-24-48)49-33-29-44(30-34-49)55-57(51-25-14-12-19-39(51)4)60-56-52(26-17-28-54(56)59-55)46-22-16-21-45(37-46)42(7)41(6)40(5)38(2)3;2*1-3-2;2*1-2/h8-38,40-41,58H,7H2,1-6H3;2*3H,1H2,2H3;2*1-2H3/b18-8+;;;;. The number of benzene rings is 7. The van der Waals surface area contributed by atoms with Crippen molar-refractivity contribution in [2.75, 3.05) is 10.2 Å². The highest BCUT2D eigenvalue weighted by Crippen LogP contribution is 2.40. The molecule has 0 amide bonds. The number of hydrogen-bond donors (Lipinski definition) is 1. The lowest BCUT2D eigenvalue weighted by atomic mass is 9.79. The molecule has 1 N–H and O–H groups in total. The SMILES string of the molecule is C=C(c1cccc(-c2cccc3nc(-c4ccc(N(c5ccccc5)c5ccc(Nc6ccccc6/C=C/C)cc5)cc4)c(-c4ccccc4C)nc23)c1)C(C)C(C)C(C)C.C=CC.C=CC.CC.CC. The van der Waals surface area contributed by atoms with Gasteiger partial charge in [-0.1, -0.05) is 189 Å². The second-order valence-corrected chi connectivity index (χ2v) is 17.2. The third-order valence-corrected chi connectivity index (χ3v) is 12.2.